The molecule has 0 saturated carbocycles. The summed E-state index contributed by atoms with van der Waals surface area (Å²) in [6, 6.07) is 27.3. The van der Waals surface area contributed by atoms with Crippen LogP contribution in [0.15, 0.2) is 143 Å². The molecule has 24 atom stereocenters. The molecule has 37 heteroatoms. The van der Waals surface area contributed by atoms with E-state index in [1.54, 1.807) is 63.2 Å². The topological polar surface area (TPSA) is 459 Å². The van der Waals surface area contributed by atoms with Crippen molar-refractivity contribution >= 4 is 23.3 Å². The van der Waals surface area contributed by atoms with E-state index in [0.29, 0.717) is 36.0 Å². The summed E-state index contributed by atoms with van der Waals surface area (Å²) in [6.07, 6.45) is -7.41. The lowest BCUT2D eigenvalue weighted by atomic mass is 9.84. The summed E-state index contributed by atoms with van der Waals surface area (Å²) in [5.74, 6) is 1.45. The lowest BCUT2D eigenvalue weighted by Crippen LogP contribution is -2.43. The van der Waals surface area contributed by atoms with Gasteiger partial charge < -0.3 is 97.2 Å². The number of alkyl halides is 1. The molecule has 122 heavy (non-hydrogen) atoms. The fourth-order valence-electron chi connectivity index (χ4n) is 13.7. The zero-order valence-corrected chi connectivity index (χ0v) is 73.7. The lowest BCUT2D eigenvalue weighted by Gasteiger charge is -2.29. The van der Waals surface area contributed by atoms with Crippen LogP contribution in [0.25, 0.3) is 0 Å². The molecule has 1 amide bonds. The van der Waals surface area contributed by atoms with Crippen molar-refractivity contribution in [2.45, 2.75) is 275 Å². The van der Waals surface area contributed by atoms with Crippen molar-refractivity contribution in [1.29, 1.82) is 0 Å². The SMILES string of the molecule is CC[C@H]1O[C@@H](n2cc(C)c(=O)[nH]c2=O)[C@@H](O[C@H](C)[C@@H](C)OC)C1O.CC[C@H]1O[C@@H](n2cc(C)c(=O)[nH]c2=O)[C@@H](O[C@H](C)[C@@H](C)OC)C1O.CC[C@H]1O[C@@H](n2ccc(NC(C)=O)nc2=O)[C@@H](O[C@H](C)[C@@H](C)OC)C1O.CO[C@H](C)[C@@H](C)O[C@H]1C(O)[C@@H](CO)O[C@H]1n1cc(C)c(=O)[nH]c1=O.COc1ccc(C(Cl)(c2ccccc2)c2ccc(OC)cc2)cc1. The molecule has 676 valence electrons. The number of hydrogen-bond acceptors (Lipinski definition) is 28. The van der Waals surface area contributed by atoms with Crippen LogP contribution in [-0.2, 0) is 66.5 Å². The number of benzene rings is 3. The molecule has 4 aromatic heterocycles. The molecule has 3 aromatic carbocycles. The van der Waals surface area contributed by atoms with Gasteiger partial charge in [0.1, 0.15) is 77.1 Å². The number of nitrogens with zero attached hydrogens (tertiary/aromatic N) is 5. The minimum Gasteiger partial charge on any atom is -0.497 e. The van der Waals surface area contributed by atoms with Crippen LogP contribution in [0.5, 0.6) is 11.5 Å². The minimum absolute atomic E-state index is 0.156. The molecule has 0 radical (unpaired) electrons. The van der Waals surface area contributed by atoms with E-state index in [1.165, 1.54) is 58.6 Å². The van der Waals surface area contributed by atoms with Gasteiger partial charge >= 0.3 is 22.8 Å². The van der Waals surface area contributed by atoms with E-state index < -0.39 is 155 Å². The van der Waals surface area contributed by atoms with Crippen molar-refractivity contribution in [3.63, 3.8) is 0 Å². The molecular formula is C85H122ClN9O27. The maximum atomic E-state index is 12.4. The number of carbonyl (C=O) groups excluding carboxylic acids is 1. The Bertz CT molecular complexity index is 4550. The summed E-state index contributed by atoms with van der Waals surface area (Å²) in [4.78, 5) is 104. The molecule has 4 aliphatic rings. The predicted molar refractivity (Wildman–Crippen MR) is 450 cm³/mol. The number of anilines is 1. The van der Waals surface area contributed by atoms with Gasteiger partial charge in [0, 0.05) is 76.8 Å². The smallest absolute Gasteiger partial charge is 0.351 e. The number of amides is 1. The summed E-state index contributed by atoms with van der Waals surface area (Å²) in [6.45, 7) is 25.9. The fourth-order valence-corrected chi connectivity index (χ4v) is 14.1. The van der Waals surface area contributed by atoms with Crippen LogP contribution in [-0.4, -0.2) is 241 Å². The Kier molecular flexibility index (Phi) is 38.1. The highest BCUT2D eigenvalue weighted by molar-refractivity contribution is 6.28. The van der Waals surface area contributed by atoms with Crippen molar-refractivity contribution in [2.24, 2.45) is 0 Å². The summed E-state index contributed by atoms with van der Waals surface area (Å²) < 4.78 is 83.3. The molecule has 0 bridgehead atoms. The molecule has 11 rings (SSSR count). The Balaban J connectivity index is 0.000000210. The van der Waals surface area contributed by atoms with E-state index in [-0.39, 0.29) is 54.5 Å². The van der Waals surface area contributed by atoms with Crippen LogP contribution in [0, 0.1) is 20.8 Å². The number of aliphatic hydroxyl groups is 5. The van der Waals surface area contributed by atoms with Gasteiger partial charge in [-0.2, -0.15) is 4.98 Å². The van der Waals surface area contributed by atoms with Crippen molar-refractivity contribution in [3.8, 4) is 11.5 Å². The fraction of sp³-hybridized carbons (Fsp3) is 0.588. The number of halogens is 1. The van der Waals surface area contributed by atoms with Crippen molar-refractivity contribution < 1.29 is 96.6 Å². The highest BCUT2D eigenvalue weighted by Gasteiger charge is 2.51. The number of aryl methyl sites for hydroxylation is 3. The molecule has 4 aliphatic heterocycles. The number of aromatic amines is 3. The maximum Gasteiger partial charge on any atom is 0.351 e. The third-order valence-corrected chi connectivity index (χ3v) is 22.7. The molecule has 4 saturated heterocycles. The zero-order chi connectivity index (χ0) is 90.5. The Morgan fingerprint density at radius 3 is 1.01 bits per heavy atom. The van der Waals surface area contributed by atoms with Crippen molar-refractivity contribution in [1.82, 2.24) is 38.2 Å². The second-order valence-electron chi connectivity index (χ2n) is 30.2. The van der Waals surface area contributed by atoms with Crippen molar-refractivity contribution in [3.05, 3.63) is 216 Å². The van der Waals surface area contributed by atoms with E-state index in [1.807, 2.05) is 148 Å². The van der Waals surface area contributed by atoms with E-state index >= 15 is 0 Å². The molecule has 7 aromatic rings. The largest absolute Gasteiger partial charge is 0.497 e. The minimum atomic E-state index is -1.13. The van der Waals surface area contributed by atoms with Gasteiger partial charge in [0.25, 0.3) is 16.7 Å². The van der Waals surface area contributed by atoms with Crippen LogP contribution in [0.3, 0.4) is 0 Å². The lowest BCUT2D eigenvalue weighted by molar-refractivity contribution is -0.130. The quantitative estimate of drug-likeness (QED) is 0.0199. The van der Waals surface area contributed by atoms with E-state index in [4.69, 9.17) is 77.9 Å². The Labute approximate surface area is 712 Å². The number of methoxy groups -OCH3 is 6. The van der Waals surface area contributed by atoms with Gasteiger partial charge in [0.2, 0.25) is 5.91 Å². The van der Waals surface area contributed by atoms with Crippen LogP contribution in [0.2, 0.25) is 0 Å². The highest BCUT2D eigenvalue weighted by Crippen LogP contribution is 2.45. The van der Waals surface area contributed by atoms with Gasteiger partial charge in [-0.25, -0.2) is 19.2 Å². The Hall–Kier alpha value is -8.74. The molecule has 4 unspecified atom stereocenters. The van der Waals surface area contributed by atoms with E-state index in [9.17, 15) is 63.9 Å². The number of nitrogens with one attached hydrogen (secondary N) is 4. The Morgan fingerprint density at radius 1 is 0.451 bits per heavy atom. The monoisotopic (exact) mass is 1740 g/mol. The summed E-state index contributed by atoms with van der Waals surface area (Å²) in [7, 11) is 9.58. The van der Waals surface area contributed by atoms with Crippen LogP contribution in [0.4, 0.5) is 5.82 Å². The number of aliphatic hydroxyl groups excluding tert-OH is 5. The molecule has 0 spiro atoms. The predicted octanol–water partition coefficient (Wildman–Crippen LogP) is 5.46. The molecule has 8 heterocycles. The highest BCUT2D eigenvalue weighted by atomic mass is 35.5. The van der Waals surface area contributed by atoms with Crippen LogP contribution >= 0.6 is 11.6 Å². The van der Waals surface area contributed by atoms with Gasteiger partial charge in [-0.3, -0.25) is 52.4 Å². The molecule has 9 N–H and O–H groups in total. The van der Waals surface area contributed by atoms with Gasteiger partial charge in [-0.05, 0) is 142 Å². The average molecular weight is 1740 g/mol. The van der Waals surface area contributed by atoms with Gasteiger partial charge in [0.05, 0.1) is 88.0 Å². The first-order valence-electron chi connectivity index (χ1n) is 40.4. The molecule has 36 nitrogen and oxygen atoms in total. The van der Waals surface area contributed by atoms with Gasteiger partial charge in [-0.1, -0.05) is 75.4 Å². The van der Waals surface area contributed by atoms with Crippen LogP contribution in [0.1, 0.15) is 161 Å². The number of aromatic nitrogens is 8. The summed E-state index contributed by atoms with van der Waals surface area (Å²) in [5, 5.41) is 53.8. The second-order valence-corrected chi connectivity index (χ2v) is 30.8. The normalized spacial score (nSPS) is 25.6. The second kappa shape index (κ2) is 46.3. The summed E-state index contributed by atoms with van der Waals surface area (Å²) >= 11 is 7.22. The summed E-state index contributed by atoms with van der Waals surface area (Å²) in [5.41, 5.74) is 0.208. The average Bonchev–Trinajstić information content (AvgIpc) is 1.21. The number of carbonyl (C=O) groups is 1. The van der Waals surface area contributed by atoms with Gasteiger partial charge in [0.15, 0.2) is 24.9 Å². The number of rotatable bonds is 30. The first kappa shape index (κ1) is 100. The van der Waals surface area contributed by atoms with Crippen LogP contribution < -0.4 is 54.2 Å². The number of hydrogen-bond donors (Lipinski definition) is 9. The number of ether oxygens (including phenoxy) is 14. The third kappa shape index (κ3) is 24.6. The third-order valence-electron chi connectivity index (χ3n) is 22.1. The Morgan fingerprint density at radius 2 is 0.738 bits per heavy atom. The van der Waals surface area contributed by atoms with Crippen molar-refractivity contribution in [2.75, 3.05) is 54.6 Å². The zero-order valence-electron chi connectivity index (χ0n) is 72.9. The molecule has 4 fully saturated rings. The first-order valence-corrected chi connectivity index (χ1v) is 40.8. The molecule has 0 aliphatic carbocycles. The number of H-pyrrole nitrogens is 3. The molecular weight excluding hydrogens is 1610 g/mol. The standard InChI is InChI=1S/C21H19ClO2.C17H27N3O6.2C16H26N2O6.C15H24N2O7/c1-23-19-12-8-17(9-13-19)21(22,16-6-4-3-5-7-16)18-10-14-20(24-2)15-11-18;1-6-12-14(22)15(25-10(3)9(2)24-5)16(26-12)20-8-7-13(18-11(4)21)19-17(20)23;2*1-6-11-12(19)13(23-10(4)9(3)22-5)15(24-11)18-7-8(2)14(20)17-16(18)21;1-7-5-17(15(21)16-13(7)20)14-12(11(19)10(6-18)24-14)23-9(3)8(2)22-4/h3-15H,1-2H3;7-10,12,14-16,22H,6H2,1-5H3,(H,18,19,21,23);2*7,9-13,15,19H,6H2,1-5H3,(H,17,20,21);5,8-12,14,18-19H,6H2,1-4H3,(H,16,20,21)/t;9-,10-,12-,14?,15+,16-;2*9-,10-,11-,12?,13+,15-;8-,9-,10-,11?,12+,14-/m.1111/s1. The maximum absolute atomic E-state index is 12.4. The van der Waals surface area contributed by atoms with Gasteiger partial charge in [-0.15, -0.1) is 11.6 Å². The first-order chi connectivity index (χ1) is 57.8. The van der Waals surface area contributed by atoms with E-state index in [0.717, 1.165) is 32.8 Å². The van der Waals surface area contributed by atoms with E-state index in [2.05, 4.69) is 25.3 Å².